The summed E-state index contributed by atoms with van der Waals surface area (Å²) in [5.41, 5.74) is 1.26. The van der Waals surface area contributed by atoms with Crippen molar-refractivity contribution < 1.29 is 19.4 Å². The van der Waals surface area contributed by atoms with Gasteiger partial charge in [0, 0.05) is 16.7 Å². The van der Waals surface area contributed by atoms with Gasteiger partial charge in [0.05, 0.1) is 18.2 Å². The number of hydrogen-bond acceptors (Lipinski definition) is 4. The molecule has 0 aromatic heterocycles. The molecule has 4 nitrogen and oxygen atoms in total. The Hall–Kier alpha value is -2.88. The number of aromatic hydroxyl groups is 1. The minimum absolute atomic E-state index is 0.0394. The Morgan fingerprint density at radius 1 is 1.00 bits per heavy atom. The van der Waals surface area contributed by atoms with Crippen LogP contribution in [0.3, 0.4) is 0 Å². The number of rotatable bonds is 2. The van der Waals surface area contributed by atoms with E-state index >= 15 is 0 Å². The molecular weight excluding hydrogens is 280 g/mol. The molecule has 22 heavy (non-hydrogen) atoms. The van der Waals surface area contributed by atoms with E-state index in [1.54, 1.807) is 42.5 Å². The van der Waals surface area contributed by atoms with E-state index in [0.717, 1.165) is 0 Å². The molecule has 1 N–H and O–H groups in total. The summed E-state index contributed by atoms with van der Waals surface area (Å²) < 4.78 is 5.20. The normalized spacial score (nSPS) is 13.2. The summed E-state index contributed by atoms with van der Waals surface area (Å²) in [5.74, 6) is -0.528. The number of benzene rings is 2. The van der Waals surface area contributed by atoms with E-state index in [2.05, 4.69) is 0 Å². The molecular formula is C18H14O4. The van der Waals surface area contributed by atoms with Crippen LogP contribution in [0.15, 0.2) is 36.4 Å². The van der Waals surface area contributed by atoms with E-state index < -0.39 is 5.78 Å². The Bertz CT molecular complexity index is 831. The van der Waals surface area contributed by atoms with Crippen molar-refractivity contribution in [1.29, 1.82) is 0 Å². The van der Waals surface area contributed by atoms with E-state index in [9.17, 15) is 14.7 Å². The summed E-state index contributed by atoms with van der Waals surface area (Å²) >= 11 is 0. The molecule has 0 fully saturated rings. The lowest BCUT2D eigenvalue weighted by atomic mass is 9.82. The second-order valence-corrected chi connectivity index (χ2v) is 4.97. The first kappa shape index (κ1) is 14.1. The van der Waals surface area contributed by atoms with Crippen molar-refractivity contribution in [3.05, 3.63) is 64.2 Å². The van der Waals surface area contributed by atoms with E-state index in [4.69, 9.17) is 4.74 Å². The lowest BCUT2D eigenvalue weighted by Crippen LogP contribution is -2.22. The highest BCUT2D eigenvalue weighted by Gasteiger charge is 2.34. The van der Waals surface area contributed by atoms with Crippen molar-refractivity contribution in [2.24, 2.45) is 0 Å². The number of phenols is 1. The number of allylic oxidation sites excluding steroid dienone is 1. The maximum atomic E-state index is 12.8. The summed E-state index contributed by atoms with van der Waals surface area (Å²) in [6, 6.07) is 8.10. The molecule has 0 atom stereocenters. The fourth-order valence-corrected chi connectivity index (χ4v) is 2.74. The molecule has 0 amide bonds. The van der Waals surface area contributed by atoms with Gasteiger partial charge in [-0.05, 0) is 19.1 Å². The van der Waals surface area contributed by atoms with E-state index in [1.165, 1.54) is 7.11 Å². The Kier molecular flexibility index (Phi) is 3.29. The van der Waals surface area contributed by atoms with Crippen molar-refractivity contribution in [2.75, 3.05) is 7.11 Å². The molecule has 4 heteroatoms. The first-order valence-electron chi connectivity index (χ1n) is 6.85. The van der Waals surface area contributed by atoms with Gasteiger partial charge >= 0.3 is 0 Å². The molecule has 110 valence electrons. The van der Waals surface area contributed by atoms with Gasteiger partial charge in [-0.25, -0.2) is 0 Å². The van der Waals surface area contributed by atoms with Gasteiger partial charge in [-0.2, -0.15) is 0 Å². The summed E-state index contributed by atoms with van der Waals surface area (Å²) in [4.78, 5) is 25.4. The van der Waals surface area contributed by atoms with Gasteiger partial charge in [-0.15, -0.1) is 0 Å². The largest absolute Gasteiger partial charge is 0.507 e. The number of methoxy groups -OCH3 is 1. The van der Waals surface area contributed by atoms with Crippen LogP contribution in [0.2, 0.25) is 0 Å². The predicted molar refractivity (Wildman–Crippen MR) is 82.7 cm³/mol. The fourth-order valence-electron chi connectivity index (χ4n) is 2.74. The minimum Gasteiger partial charge on any atom is -0.507 e. The van der Waals surface area contributed by atoms with Crippen molar-refractivity contribution in [3.63, 3.8) is 0 Å². The molecule has 1 aliphatic rings. The van der Waals surface area contributed by atoms with Crippen LogP contribution in [0.1, 0.15) is 44.3 Å². The number of hydrogen-bond donors (Lipinski definition) is 1. The number of ketones is 2. The van der Waals surface area contributed by atoms with Gasteiger partial charge in [-0.1, -0.05) is 30.4 Å². The molecule has 0 heterocycles. The number of carbonyl (C=O) groups excluding carboxylic acids is 2. The third-order valence-electron chi connectivity index (χ3n) is 3.74. The molecule has 0 saturated heterocycles. The van der Waals surface area contributed by atoms with E-state index in [-0.39, 0.29) is 28.2 Å². The highest BCUT2D eigenvalue weighted by atomic mass is 16.5. The van der Waals surface area contributed by atoms with Crippen molar-refractivity contribution in [3.8, 4) is 11.5 Å². The number of fused-ring (bicyclic) bond motifs is 2. The van der Waals surface area contributed by atoms with Crippen LogP contribution < -0.4 is 4.74 Å². The molecule has 0 unspecified atom stereocenters. The zero-order valence-corrected chi connectivity index (χ0v) is 12.2. The Balaban J connectivity index is 2.33. The maximum absolute atomic E-state index is 12.8. The quantitative estimate of drug-likeness (QED) is 0.788. The van der Waals surface area contributed by atoms with Gasteiger partial charge in [0.2, 0.25) is 5.78 Å². The van der Waals surface area contributed by atoms with Crippen molar-refractivity contribution in [2.45, 2.75) is 6.92 Å². The molecule has 2 aromatic carbocycles. The van der Waals surface area contributed by atoms with Crippen molar-refractivity contribution >= 4 is 17.6 Å². The summed E-state index contributed by atoms with van der Waals surface area (Å²) in [6.45, 7) is 1.81. The van der Waals surface area contributed by atoms with Crippen molar-refractivity contribution in [1.82, 2.24) is 0 Å². The van der Waals surface area contributed by atoms with E-state index in [0.29, 0.717) is 16.9 Å². The molecule has 0 bridgehead atoms. The Labute approximate surface area is 127 Å². The standard InChI is InChI=1S/C18H14O4/c1-3-5-10-8-9-12-15(16(10)19)18(21)14-11(17(12)20)6-4-7-13(14)22-2/h3-9,19H,1-2H3/b5-3+. The maximum Gasteiger partial charge on any atom is 0.201 e. The number of phenolic OH excluding ortho intramolecular Hbond substituents is 1. The van der Waals surface area contributed by atoms with Crippen LogP contribution in [0, 0.1) is 0 Å². The summed E-state index contributed by atoms with van der Waals surface area (Å²) in [6.07, 6.45) is 3.44. The molecule has 2 aromatic rings. The van der Waals surface area contributed by atoms with Gasteiger partial charge < -0.3 is 9.84 Å². The fraction of sp³-hybridized carbons (Fsp3) is 0.111. The number of ether oxygens (including phenoxy) is 1. The third-order valence-corrected chi connectivity index (χ3v) is 3.74. The van der Waals surface area contributed by atoms with Gasteiger partial charge in [-0.3, -0.25) is 9.59 Å². The average Bonchev–Trinajstić information content (AvgIpc) is 2.53. The number of carbonyl (C=O) groups is 2. The summed E-state index contributed by atoms with van der Waals surface area (Å²) in [7, 11) is 1.44. The van der Waals surface area contributed by atoms with Crippen LogP contribution in [0.4, 0.5) is 0 Å². The Morgan fingerprint density at radius 3 is 2.41 bits per heavy atom. The highest BCUT2D eigenvalue weighted by molar-refractivity contribution is 6.30. The first-order valence-corrected chi connectivity index (χ1v) is 6.85. The first-order chi connectivity index (χ1) is 10.6. The predicted octanol–water partition coefficient (Wildman–Crippen LogP) is 3.21. The lowest BCUT2D eigenvalue weighted by Gasteiger charge is -2.21. The second-order valence-electron chi connectivity index (χ2n) is 4.97. The van der Waals surface area contributed by atoms with E-state index in [1.807, 2.05) is 6.92 Å². The van der Waals surface area contributed by atoms with Crippen LogP contribution in [0.25, 0.3) is 6.08 Å². The minimum atomic E-state index is -0.397. The zero-order valence-electron chi connectivity index (χ0n) is 12.2. The molecule has 0 radical (unpaired) electrons. The average molecular weight is 294 g/mol. The highest BCUT2D eigenvalue weighted by Crippen LogP contribution is 2.38. The Morgan fingerprint density at radius 2 is 1.73 bits per heavy atom. The van der Waals surface area contributed by atoms with Crippen LogP contribution >= 0.6 is 0 Å². The molecule has 0 saturated carbocycles. The van der Waals surface area contributed by atoms with Gasteiger partial charge in [0.1, 0.15) is 11.5 Å². The van der Waals surface area contributed by atoms with Crippen LogP contribution in [0.5, 0.6) is 11.5 Å². The van der Waals surface area contributed by atoms with Gasteiger partial charge in [0.25, 0.3) is 0 Å². The topological polar surface area (TPSA) is 63.6 Å². The lowest BCUT2D eigenvalue weighted by molar-refractivity contribution is 0.0974. The van der Waals surface area contributed by atoms with Crippen LogP contribution in [-0.4, -0.2) is 23.8 Å². The third kappa shape index (κ3) is 1.84. The zero-order chi connectivity index (χ0) is 15.9. The second kappa shape index (κ2) is 5.15. The summed E-state index contributed by atoms with van der Waals surface area (Å²) in [5, 5.41) is 10.4. The molecule has 0 aliphatic heterocycles. The van der Waals surface area contributed by atoms with Gasteiger partial charge in [0.15, 0.2) is 5.78 Å². The van der Waals surface area contributed by atoms with Crippen LogP contribution in [-0.2, 0) is 0 Å². The molecule has 1 aliphatic carbocycles. The molecule has 0 spiro atoms. The SMILES string of the molecule is C/C=C/c1ccc2c(c1O)C(=O)c1c(OC)cccc1C2=O. The molecule has 3 rings (SSSR count). The smallest absolute Gasteiger partial charge is 0.201 e. The monoisotopic (exact) mass is 294 g/mol.